The Hall–Kier alpha value is -2.44. The van der Waals surface area contributed by atoms with E-state index >= 15 is 0 Å². The molecule has 0 bridgehead atoms. The van der Waals surface area contributed by atoms with Gasteiger partial charge in [0, 0.05) is 37.1 Å². The van der Waals surface area contributed by atoms with E-state index < -0.39 is 0 Å². The van der Waals surface area contributed by atoms with Gasteiger partial charge in [-0.05, 0) is 51.3 Å². The van der Waals surface area contributed by atoms with E-state index in [0.29, 0.717) is 11.7 Å². The molecule has 1 amide bonds. The van der Waals surface area contributed by atoms with Crippen LogP contribution >= 0.6 is 0 Å². The molecule has 2 aromatic heterocycles. The second-order valence-electron chi connectivity index (χ2n) is 6.71. The Balaban J connectivity index is 1.65. The molecule has 25 heavy (non-hydrogen) atoms. The lowest BCUT2D eigenvalue weighted by Gasteiger charge is -2.33. The van der Waals surface area contributed by atoms with Gasteiger partial charge in [0.05, 0.1) is 0 Å². The third kappa shape index (κ3) is 3.97. The van der Waals surface area contributed by atoms with Gasteiger partial charge < -0.3 is 10.2 Å². The minimum absolute atomic E-state index is 0.0947. The number of aromatic nitrogens is 4. The van der Waals surface area contributed by atoms with Crippen LogP contribution in [-0.2, 0) is 0 Å². The van der Waals surface area contributed by atoms with Crippen molar-refractivity contribution >= 4 is 11.7 Å². The van der Waals surface area contributed by atoms with Crippen molar-refractivity contribution in [3.8, 4) is 0 Å². The summed E-state index contributed by atoms with van der Waals surface area (Å²) in [4.78, 5) is 14.8. The quantitative estimate of drug-likeness (QED) is 0.903. The van der Waals surface area contributed by atoms with E-state index in [1.54, 1.807) is 6.20 Å². The minimum atomic E-state index is -0.101. The molecule has 1 aliphatic heterocycles. The van der Waals surface area contributed by atoms with Gasteiger partial charge in [-0.2, -0.15) is 10.2 Å². The molecule has 1 aliphatic rings. The number of hydrogen-bond acceptors (Lipinski definition) is 5. The molecule has 0 aliphatic carbocycles. The highest BCUT2D eigenvalue weighted by Gasteiger charge is 2.24. The van der Waals surface area contributed by atoms with E-state index in [-0.39, 0.29) is 11.9 Å². The monoisotopic (exact) mass is 342 g/mol. The number of hydrogen-bond donors (Lipinski definition) is 1. The van der Waals surface area contributed by atoms with E-state index in [0.717, 1.165) is 43.9 Å². The van der Waals surface area contributed by atoms with Gasteiger partial charge in [0.2, 0.25) is 0 Å². The van der Waals surface area contributed by atoms with Crippen molar-refractivity contribution in [1.82, 2.24) is 25.3 Å². The highest BCUT2D eigenvalue weighted by Crippen LogP contribution is 2.18. The van der Waals surface area contributed by atoms with Gasteiger partial charge in [-0.1, -0.05) is 6.92 Å². The number of nitrogens with one attached hydrogen (secondary N) is 1. The summed E-state index contributed by atoms with van der Waals surface area (Å²) < 4.78 is 1.93. The number of carbonyl (C=O) groups is 1. The number of nitrogens with zero attached hydrogens (tertiary/aromatic N) is 5. The fourth-order valence-electron chi connectivity index (χ4n) is 3.24. The minimum Gasteiger partial charge on any atom is -0.353 e. The molecule has 2 unspecified atom stereocenters. The second kappa shape index (κ2) is 7.63. The Kier molecular flexibility index (Phi) is 5.31. The first-order chi connectivity index (χ1) is 12.1. The molecule has 3 heterocycles. The molecule has 1 saturated heterocycles. The molecule has 7 nitrogen and oxygen atoms in total. The predicted octanol–water partition coefficient (Wildman–Crippen LogP) is 2.35. The van der Waals surface area contributed by atoms with Crippen molar-refractivity contribution in [3.05, 3.63) is 35.8 Å². The molecule has 2 aromatic rings. The maximum Gasteiger partial charge on any atom is 0.272 e. The van der Waals surface area contributed by atoms with Crippen molar-refractivity contribution in [2.45, 2.75) is 52.1 Å². The lowest BCUT2D eigenvalue weighted by atomic mass is 10.1. The average molecular weight is 342 g/mol. The first kappa shape index (κ1) is 17.4. The van der Waals surface area contributed by atoms with Crippen LogP contribution < -0.4 is 10.2 Å². The van der Waals surface area contributed by atoms with E-state index in [2.05, 4.69) is 39.4 Å². The standard InChI is InChI=1S/C18H26N6O/c1-4-13(2)24-14(3)11-16(22-24)18(25)20-15-7-6-10-23(12-15)17-8-5-9-19-21-17/h5,8-9,11,13,15H,4,6-7,10,12H2,1-3H3,(H,20,25). The summed E-state index contributed by atoms with van der Waals surface area (Å²) in [6.45, 7) is 7.91. The number of anilines is 1. The summed E-state index contributed by atoms with van der Waals surface area (Å²) >= 11 is 0. The van der Waals surface area contributed by atoms with Crippen molar-refractivity contribution in [1.29, 1.82) is 0 Å². The molecule has 2 atom stereocenters. The summed E-state index contributed by atoms with van der Waals surface area (Å²) in [5.41, 5.74) is 1.51. The third-order valence-corrected chi connectivity index (χ3v) is 4.80. The Bertz CT molecular complexity index is 714. The highest BCUT2D eigenvalue weighted by atomic mass is 16.2. The molecule has 0 aromatic carbocycles. The van der Waals surface area contributed by atoms with Gasteiger partial charge in [0.15, 0.2) is 5.82 Å². The van der Waals surface area contributed by atoms with E-state index in [9.17, 15) is 4.79 Å². The maximum absolute atomic E-state index is 12.6. The molecule has 7 heteroatoms. The van der Waals surface area contributed by atoms with Crippen LogP contribution in [0.1, 0.15) is 55.3 Å². The molecule has 0 radical (unpaired) electrons. The average Bonchev–Trinajstić information content (AvgIpc) is 3.04. The van der Waals surface area contributed by atoms with E-state index in [4.69, 9.17) is 0 Å². The van der Waals surface area contributed by atoms with Crippen LogP contribution in [0, 0.1) is 6.92 Å². The van der Waals surface area contributed by atoms with Gasteiger partial charge >= 0.3 is 0 Å². The second-order valence-corrected chi connectivity index (χ2v) is 6.71. The van der Waals surface area contributed by atoms with Gasteiger partial charge in [0.25, 0.3) is 5.91 Å². The fraction of sp³-hybridized carbons (Fsp3) is 0.556. The van der Waals surface area contributed by atoms with E-state index in [1.165, 1.54) is 0 Å². The Morgan fingerprint density at radius 2 is 2.32 bits per heavy atom. The van der Waals surface area contributed by atoms with Gasteiger partial charge in [-0.25, -0.2) is 0 Å². The van der Waals surface area contributed by atoms with Crippen molar-refractivity contribution in [2.75, 3.05) is 18.0 Å². The van der Waals surface area contributed by atoms with Crippen molar-refractivity contribution in [3.63, 3.8) is 0 Å². The summed E-state index contributed by atoms with van der Waals surface area (Å²) in [7, 11) is 0. The highest BCUT2D eigenvalue weighted by molar-refractivity contribution is 5.92. The molecule has 1 N–H and O–H groups in total. The van der Waals surface area contributed by atoms with Crippen LogP contribution in [0.3, 0.4) is 0 Å². The normalized spacial score (nSPS) is 18.8. The zero-order chi connectivity index (χ0) is 17.8. The number of rotatable bonds is 5. The predicted molar refractivity (Wildman–Crippen MR) is 96.7 cm³/mol. The van der Waals surface area contributed by atoms with Gasteiger partial charge in [0.1, 0.15) is 5.69 Å². The van der Waals surface area contributed by atoms with Crippen molar-refractivity contribution in [2.24, 2.45) is 0 Å². The molecule has 0 saturated carbocycles. The SMILES string of the molecule is CCC(C)n1nc(C(=O)NC2CCCN(c3cccnn3)C2)cc1C. The zero-order valence-electron chi connectivity index (χ0n) is 15.1. The Morgan fingerprint density at radius 1 is 1.48 bits per heavy atom. The molecular formula is C18H26N6O. The Labute approximate surface area is 148 Å². The number of carbonyl (C=O) groups excluding carboxylic acids is 1. The third-order valence-electron chi connectivity index (χ3n) is 4.80. The molecule has 134 valence electrons. The van der Waals surface area contributed by atoms with Gasteiger partial charge in [-0.15, -0.1) is 5.10 Å². The van der Waals surface area contributed by atoms with Crippen LogP contribution in [0.5, 0.6) is 0 Å². The topological polar surface area (TPSA) is 75.9 Å². The Morgan fingerprint density at radius 3 is 3.04 bits per heavy atom. The van der Waals surface area contributed by atoms with Crippen LogP contribution in [0.15, 0.2) is 24.4 Å². The number of aryl methyl sites for hydroxylation is 1. The molecular weight excluding hydrogens is 316 g/mol. The van der Waals surface area contributed by atoms with Crippen LogP contribution in [0.4, 0.5) is 5.82 Å². The van der Waals surface area contributed by atoms with Crippen LogP contribution in [-0.4, -0.2) is 45.0 Å². The first-order valence-corrected chi connectivity index (χ1v) is 8.98. The lowest BCUT2D eigenvalue weighted by molar-refractivity contribution is 0.0927. The largest absolute Gasteiger partial charge is 0.353 e. The van der Waals surface area contributed by atoms with E-state index in [1.807, 2.05) is 29.8 Å². The van der Waals surface area contributed by atoms with Crippen molar-refractivity contribution < 1.29 is 4.79 Å². The van der Waals surface area contributed by atoms with Crippen LogP contribution in [0.2, 0.25) is 0 Å². The summed E-state index contributed by atoms with van der Waals surface area (Å²) in [5, 5.41) is 15.7. The number of piperidine rings is 1. The number of amides is 1. The fourth-order valence-corrected chi connectivity index (χ4v) is 3.24. The summed E-state index contributed by atoms with van der Waals surface area (Å²) in [5.74, 6) is 0.759. The van der Waals surface area contributed by atoms with Gasteiger partial charge in [-0.3, -0.25) is 9.48 Å². The summed E-state index contributed by atoms with van der Waals surface area (Å²) in [6, 6.07) is 6.09. The maximum atomic E-state index is 12.6. The van der Waals surface area contributed by atoms with Crippen LogP contribution in [0.25, 0.3) is 0 Å². The molecule has 3 rings (SSSR count). The molecule has 0 spiro atoms. The lowest BCUT2D eigenvalue weighted by Crippen LogP contribution is -2.48. The first-order valence-electron chi connectivity index (χ1n) is 8.98. The molecule has 1 fully saturated rings. The summed E-state index contributed by atoms with van der Waals surface area (Å²) in [6.07, 6.45) is 4.64. The smallest absolute Gasteiger partial charge is 0.272 e. The zero-order valence-corrected chi connectivity index (χ0v) is 15.1.